The molecule has 7 heteroatoms. The number of rotatable bonds is 4. The maximum Gasteiger partial charge on any atom is 0.410 e. The predicted molar refractivity (Wildman–Crippen MR) is 111 cm³/mol. The molecule has 0 aliphatic heterocycles. The molecule has 2 aromatic carbocycles. The van der Waals surface area contributed by atoms with Crippen LogP contribution in [0.1, 0.15) is 36.7 Å². The molecule has 27 heavy (non-hydrogen) atoms. The summed E-state index contributed by atoms with van der Waals surface area (Å²) >= 11 is 1.93. The summed E-state index contributed by atoms with van der Waals surface area (Å²) in [5, 5.41) is 2.80. The fraction of sp³-hybridized carbons (Fsp3) is 0.300. The Bertz CT molecular complexity index is 849. The summed E-state index contributed by atoms with van der Waals surface area (Å²) in [5.41, 5.74) is 1.27. The van der Waals surface area contributed by atoms with E-state index in [1.807, 2.05) is 49.4 Å². The van der Waals surface area contributed by atoms with Crippen LogP contribution in [-0.2, 0) is 11.3 Å². The quantitative estimate of drug-likeness (QED) is 0.619. The van der Waals surface area contributed by atoms with Crippen LogP contribution in [0.3, 0.4) is 0 Å². The van der Waals surface area contributed by atoms with Gasteiger partial charge in [0.05, 0.1) is 5.56 Å². The zero-order valence-corrected chi connectivity index (χ0v) is 17.8. The van der Waals surface area contributed by atoms with E-state index in [4.69, 9.17) is 4.74 Å². The highest BCUT2D eigenvalue weighted by Gasteiger charge is 2.19. The molecule has 0 aliphatic carbocycles. The lowest BCUT2D eigenvalue weighted by atomic mass is 10.1. The third-order valence-electron chi connectivity index (χ3n) is 3.49. The Hall–Kier alpha value is -2.16. The number of carbonyl (C=O) groups is 2. The normalized spacial score (nSPS) is 11.0. The van der Waals surface area contributed by atoms with Gasteiger partial charge in [0.2, 0.25) is 0 Å². The highest BCUT2D eigenvalue weighted by molar-refractivity contribution is 14.1. The van der Waals surface area contributed by atoms with E-state index in [1.165, 1.54) is 23.1 Å². The lowest BCUT2D eigenvalue weighted by Gasteiger charge is -2.24. The fourth-order valence-electron chi connectivity index (χ4n) is 2.30. The Labute approximate surface area is 172 Å². The van der Waals surface area contributed by atoms with Crippen molar-refractivity contribution in [3.8, 4) is 0 Å². The van der Waals surface area contributed by atoms with Crippen molar-refractivity contribution in [2.24, 2.45) is 0 Å². The first-order chi connectivity index (χ1) is 12.5. The molecule has 1 N–H and O–H groups in total. The van der Waals surface area contributed by atoms with Gasteiger partial charge in [0, 0.05) is 22.8 Å². The van der Waals surface area contributed by atoms with E-state index in [0.717, 1.165) is 5.56 Å². The van der Waals surface area contributed by atoms with Gasteiger partial charge in [0.15, 0.2) is 0 Å². The maximum atomic E-state index is 13.2. The largest absolute Gasteiger partial charge is 0.444 e. The average Bonchev–Trinajstić information content (AvgIpc) is 2.53. The molecule has 0 heterocycles. The molecule has 0 atom stereocenters. The van der Waals surface area contributed by atoms with Gasteiger partial charge >= 0.3 is 6.09 Å². The summed E-state index contributed by atoms with van der Waals surface area (Å²) < 4.78 is 19.1. The van der Waals surface area contributed by atoms with Gasteiger partial charge in [-0.05, 0) is 79.3 Å². The molecule has 0 aliphatic rings. The number of nitrogens with zero attached hydrogens (tertiary/aromatic N) is 1. The van der Waals surface area contributed by atoms with Crippen molar-refractivity contribution in [1.29, 1.82) is 0 Å². The summed E-state index contributed by atoms with van der Waals surface area (Å²) in [6, 6.07) is 11.2. The van der Waals surface area contributed by atoms with Crippen LogP contribution in [0.4, 0.5) is 14.9 Å². The Morgan fingerprint density at radius 3 is 2.52 bits per heavy atom. The molecular formula is C20H22FIN2O3. The third-order valence-corrected chi connectivity index (χ3v) is 4.38. The second-order valence-corrected chi connectivity index (χ2v) is 8.28. The second-order valence-electron chi connectivity index (χ2n) is 7.12. The molecule has 2 rings (SSSR count). The third kappa shape index (κ3) is 6.50. The molecule has 0 fully saturated rings. The summed E-state index contributed by atoms with van der Waals surface area (Å²) in [7, 11) is 1.65. The van der Waals surface area contributed by atoms with Crippen LogP contribution in [0, 0.1) is 9.39 Å². The predicted octanol–water partition coefficient (Wildman–Crippen LogP) is 5.05. The van der Waals surface area contributed by atoms with Crippen LogP contribution in [0.15, 0.2) is 42.5 Å². The van der Waals surface area contributed by atoms with E-state index in [-0.39, 0.29) is 11.7 Å². The first-order valence-electron chi connectivity index (χ1n) is 8.34. The van der Waals surface area contributed by atoms with Crippen molar-refractivity contribution in [1.82, 2.24) is 4.90 Å². The number of carbonyl (C=O) groups excluding carboxylic acids is 2. The molecule has 144 valence electrons. The van der Waals surface area contributed by atoms with Crippen molar-refractivity contribution in [2.45, 2.75) is 32.9 Å². The molecule has 0 radical (unpaired) electrons. The van der Waals surface area contributed by atoms with Crippen LogP contribution in [0.25, 0.3) is 0 Å². The Balaban J connectivity index is 2.06. The minimum atomic E-state index is -0.562. The number of benzene rings is 2. The lowest BCUT2D eigenvalue weighted by Crippen LogP contribution is -2.33. The van der Waals surface area contributed by atoms with Crippen LogP contribution in [0.5, 0.6) is 0 Å². The molecule has 2 aromatic rings. The van der Waals surface area contributed by atoms with Crippen molar-refractivity contribution in [3.63, 3.8) is 0 Å². The summed E-state index contributed by atoms with van der Waals surface area (Å²) in [4.78, 5) is 26.0. The van der Waals surface area contributed by atoms with Crippen molar-refractivity contribution >= 4 is 40.3 Å². The number of anilines is 1. The first-order valence-corrected chi connectivity index (χ1v) is 9.42. The van der Waals surface area contributed by atoms with Gasteiger partial charge in [0.1, 0.15) is 11.4 Å². The second kappa shape index (κ2) is 8.69. The minimum absolute atomic E-state index is 0.322. The molecule has 0 aromatic heterocycles. The maximum absolute atomic E-state index is 13.2. The van der Waals surface area contributed by atoms with Gasteiger partial charge in [-0.3, -0.25) is 4.79 Å². The minimum Gasteiger partial charge on any atom is -0.444 e. The Morgan fingerprint density at radius 1 is 1.19 bits per heavy atom. The number of hydrogen-bond donors (Lipinski definition) is 1. The van der Waals surface area contributed by atoms with E-state index < -0.39 is 11.7 Å². The van der Waals surface area contributed by atoms with E-state index in [9.17, 15) is 14.0 Å². The standard InChI is InChI=1S/C20H22FIN2O3/c1-20(2,3)27-19(26)24(4)12-13-6-5-7-15(10-13)23-18(25)16-9-8-14(21)11-17(16)22/h5-11H,12H2,1-4H3,(H,23,25). The molecule has 2 amide bonds. The van der Waals surface area contributed by atoms with Crippen molar-refractivity contribution in [2.75, 3.05) is 12.4 Å². The van der Waals surface area contributed by atoms with Gasteiger partial charge in [-0.25, -0.2) is 9.18 Å². The van der Waals surface area contributed by atoms with E-state index in [1.54, 1.807) is 25.2 Å². The molecule has 0 unspecified atom stereocenters. The van der Waals surface area contributed by atoms with Crippen LogP contribution < -0.4 is 5.32 Å². The first kappa shape index (κ1) is 21.1. The monoisotopic (exact) mass is 484 g/mol. The summed E-state index contributed by atoms with van der Waals surface area (Å²) in [5.74, 6) is -0.708. The topological polar surface area (TPSA) is 58.6 Å². The number of hydrogen-bond acceptors (Lipinski definition) is 3. The van der Waals surface area contributed by atoms with Crippen molar-refractivity contribution in [3.05, 3.63) is 63.0 Å². The van der Waals surface area contributed by atoms with Crippen LogP contribution >= 0.6 is 22.6 Å². The highest BCUT2D eigenvalue weighted by Crippen LogP contribution is 2.18. The zero-order chi connectivity index (χ0) is 20.2. The fourth-order valence-corrected chi connectivity index (χ4v) is 3.02. The van der Waals surface area contributed by atoms with Gasteiger partial charge in [-0.1, -0.05) is 12.1 Å². The van der Waals surface area contributed by atoms with Gasteiger partial charge in [-0.2, -0.15) is 0 Å². The van der Waals surface area contributed by atoms with Crippen LogP contribution in [0.2, 0.25) is 0 Å². The van der Waals surface area contributed by atoms with Gasteiger partial charge in [0.25, 0.3) is 5.91 Å². The molecular weight excluding hydrogens is 462 g/mol. The molecule has 0 spiro atoms. The van der Waals surface area contributed by atoms with Gasteiger partial charge < -0.3 is 15.0 Å². The molecule has 0 saturated carbocycles. The van der Waals surface area contributed by atoms with E-state index in [0.29, 0.717) is 21.4 Å². The Kier molecular flexibility index (Phi) is 6.80. The molecule has 5 nitrogen and oxygen atoms in total. The van der Waals surface area contributed by atoms with E-state index >= 15 is 0 Å². The SMILES string of the molecule is CN(Cc1cccc(NC(=O)c2ccc(F)cc2I)c1)C(=O)OC(C)(C)C. The van der Waals surface area contributed by atoms with Crippen LogP contribution in [-0.4, -0.2) is 29.5 Å². The molecule has 0 bridgehead atoms. The Morgan fingerprint density at radius 2 is 1.89 bits per heavy atom. The smallest absolute Gasteiger partial charge is 0.410 e. The highest BCUT2D eigenvalue weighted by atomic mass is 127. The number of nitrogens with one attached hydrogen (secondary N) is 1. The molecule has 0 saturated heterocycles. The zero-order valence-electron chi connectivity index (χ0n) is 15.7. The summed E-state index contributed by atoms with van der Waals surface area (Å²) in [6.07, 6.45) is -0.419. The average molecular weight is 484 g/mol. The number of halogens is 2. The lowest BCUT2D eigenvalue weighted by molar-refractivity contribution is 0.0285. The van der Waals surface area contributed by atoms with Gasteiger partial charge in [-0.15, -0.1) is 0 Å². The number of amides is 2. The van der Waals surface area contributed by atoms with E-state index in [2.05, 4.69) is 5.32 Å². The van der Waals surface area contributed by atoms with Crippen molar-refractivity contribution < 1.29 is 18.7 Å². The summed E-state index contributed by atoms with van der Waals surface area (Å²) in [6.45, 7) is 5.77. The number of ether oxygens (including phenoxy) is 1.